The molecule has 1 aromatic carbocycles. The van der Waals surface area contributed by atoms with Crippen LogP contribution in [0.1, 0.15) is 25.8 Å². The minimum absolute atomic E-state index is 0.201. The van der Waals surface area contributed by atoms with Crippen molar-refractivity contribution in [3.8, 4) is 5.75 Å². The van der Waals surface area contributed by atoms with E-state index in [-0.39, 0.29) is 11.3 Å². The molecule has 0 radical (unpaired) electrons. The summed E-state index contributed by atoms with van der Waals surface area (Å²) in [5.41, 5.74) is 6.29. The second kappa shape index (κ2) is 6.40. The van der Waals surface area contributed by atoms with Crippen molar-refractivity contribution < 1.29 is 9.47 Å². The van der Waals surface area contributed by atoms with Crippen LogP contribution in [0.15, 0.2) is 24.3 Å². The summed E-state index contributed by atoms with van der Waals surface area (Å²) < 4.78 is 10.7. The summed E-state index contributed by atoms with van der Waals surface area (Å²) in [6.07, 6.45) is 0.742. The number of hydrogen-bond donors (Lipinski definition) is 2. The van der Waals surface area contributed by atoms with Gasteiger partial charge in [-0.05, 0) is 24.1 Å². The Morgan fingerprint density at radius 3 is 2.72 bits per heavy atom. The SMILES string of the molecule is COc1cccc(COCCC(C)(C)C(=N)N)c1. The molecule has 0 aromatic heterocycles. The fourth-order valence-electron chi connectivity index (χ4n) is 1.41. The van der Waals surface area contributed by atoms with Crippen LogP contribution in [0, 0.1) is 10.8 Å². The lowest BCUT2D eigenvalue weighted by molar-refractivity contribution is 0.104. The van der Waals surface area contributed by atoms with Crippen LogP contribution in [0.2, 0.25) is 0 Å². The second-order valence-corrected chi connectivity index (χ2v) is 4.95. The summed E-state index contributed by atoms with van der Waals surface area (Å²) in [7, 11) is 1.65. The van der Waals surface area contributed by atoms with Crippen LogP contribution in [0.5, 0.6) is 5.75 Å². The molecular formula is C14H22N2O2. The van der Waals surface area contributed by atoms with E-state index < -0.39 is 0 Å². The number of rotatable bonds is 7. The van der Waals surface area contributed by atoms with Gasteiger partial charge < -0.3 is 15.2 Å². The average molecular weight is 250 g/mol. The lowest BCUT2D eigenvalue weighted by Crippen LogP contribution is -2.31. The third-order valence-electron chi connectivity index (χ3n) is 3.00. The number of amidine groups is 1. The average Bonchev–Trinajstić information content (AvgIpc) is 2.35. The highest BCUT2D eigenvalue weighted by Gasteiger charge is 2.20. The Balaban J connectivity index is 2.36. The van der Waals surface area contributed by atoms with Gasteiger partial charge in [-0.3, -0.25) is 5.41 Å². The summed E-state index contributed by atoms with van der Waals surface area (Å²) in [5.74, 6) is 1.03. The number of hydrogen-bond acceptors (Lipinski definition) is 3. The molecule has 0 saturated carbocycles. The fraction of sp³-hybridized carbons (Fsp3) is 0.500. The third kappa shape index (κ3) is 4.37. The summed E-state index contributed by atoms with van der Waals surface area (Å²) in [4.78, 5) is 0. The van der Waals surface area contributed by atoms with Crippen LogP contribution < -0.4 is 10.5 Å². The molecule has 0 bridgehead atoms. The minimum Gasteiger partial charge on any atom is -0.497 e. The van der Waals surface area contributed by atoms with E-state index in [0.717, 1.165) is 17.7 Å². The monoisotopic (exact) mass is 250 g/mol. The number of ether oxygens (including phenoxy) is 2. The first kappa shape index (κ1) is 14.5. The zero-order valence-electron chi connectivity index (χ0n) is 11.3. The van der Waals surface area contributed by atoms with Gasteiger partial charge in [-0.25, -0.2) is 0 Å². The van der Waals surface area contributed by atoms with Gasteiger partial charge in [0.1, 0.15) is 5.75 Å². The first-order valence-corrected chi connectivity index (χ1v) is 6.01. The van der Waals surface area contributed by atoms with Gasteiger partial charge in [-0.15, -0.1) is 0 Å². The van der Waals surface area contributed by atoms with Crippen molar-refractivity contribution in [2.24, 2.45) is 11.1 Å². The van der Waals surface area contributed by atoms with Crippen molar-refractivity contribution >= 4 is 5.84 Å². The van der Waals surface area contributed by atoms with E-state index in [1.54, 1.807) is 7.11 Å². The molecule has 0 heterocycles. The Hall–Kier alpha value is -1.55. The Morgan fingerprint density at radius 1 is 1.39 bits per heavy atom. The summed E-state index contributed by atoms with van der Waals surface area (Å²) in [6, 6.07) is 7.80. The van der Waals surface area contributed by atoms with Gasteiger partial charge >= 0.3 is 0 Å². The van der Waals surface area contributed by atoms with Gasteiger partial charge in [0.25, 0.3) is 0 Å². The molecule has 100 valence electrons. The predicted octanol–water partition coefficient (Wildman–Crippen LogP) is 2.56. The molecule has 0 saturated heterocycles. The van der Waals surface area contributed by atoms with Gasteiger partial charge in [-0.1, -0.05) is 26.0 Å². The van der Waals surface area contributed by atoms with Crippen molar-refractivity contribution in [2.45, 2.75) is 26.9 Å². The van der Waals surface area contributed by atoms with E-state index in [0.29, 0.717) is 13.2 Å². The lowest BCUT2D eigenvalue weighted by Gasteiger charge is -2.22. The quantitative estimate of drug-likeness (QED) is 0.444. The maximum Gasteiger partial charge on any atom is 0.119 e. The molecule has 1 aromatic rings. The molecule has 0 atom stereocenters. The Labute approximate surface area is 109 Å². The Bertz CT molecular complexity index is 403. The maximum atomic E-state index is 7.46. The molecule has 0 fully saturated rings. The molecule has 1 rings (SSSR count). The molecule has 4 heteroatoms. The van der Waals surface area contributed by atoms with E-state index in [9.17, 15) is 0 Å². The van der Waals surface area contributed by atoms with E-state index >= 15 is 0 Å². The lowest BCUT2D eigenvalue weighted by atomic mass is 9.88. The first-order valence-electron chi connectivity index (χ1n) is 6.01. The van der Waals surface area contributed by atoms with E-state index in [2.05, 4.69) is 0 Å². The molecule has 3 N–H and O–H groups in total. The van der Waals surface area contributed by atoms with Crippen LogP contribution >= 0.6 is 0 Å². The molecule has 4 nitrogen and oxygen atoms in total. The molecule has 0 amide bonds. The highest BCUT2D eigenvalue weighted by Crippen LogP contribution is 2.20. The molecule has 0 aliphatic heterocycles. The zero-order valence-corrected chi connectivity index (χ0v) is 11.3. The molecule has 0 aliphatic rings. The summed E-state index contributed by atoms with van der Waals surface area (Å²) in [6.45, 7) is 5.03. The summed E-state index contributed by atoms with van der Waals surface area (Å²) >= 11 is 0. The van der Waals surface area contributed by atoms with E-state index in [1.807, 2.05) is 38.1 Å². The van der Waals surface area contributed by atoms with Crippen LogP contribution in [-0.2, 0) is 11.3 Å². The second-order valence-electron chi connectivity index (χ2n) is 4.95. The van der Waals surface area contributed by atoms with Crippen molar-refractivity contribution in [2.75, 3.05) is 13.7 Å². The highest BCUT2D eigenvalue weighted by molar-refractivity contribution is 5.82. The number of methoxy groups -OCH3 is 1. The largest absolute Gasteiger partial charge is 0.497 e. The number of nitrogens with two attached hydrogens (primary N) is 1. The van der Waals surface area contributed by atoms with Crippen LogP contribution in [-0.4, -0.2) is 19.6 Å². The Morgan fingerprint density at radius 2 is 2.11 bits per heavy atom. The van der Waals surface area contributed by atoms with Gasteiger partial charge in [0.15, 0.2) is 0 Å². The van der Waals surface area contributed by atoms with Crippen molar-refractivity contribution in [1.82, 2.24) is 0 Å². The third-order valence-corrected chi connectivity index (χ3v) is 3.00. The predicted molar refractivity (Wildman–Crippen MR) is 73.0 cm³/mol. The smallest absolute Gasteiger partial charge is 0.119 e. The highest BCUT2D eigenvalue weighted by atomic mass is 16.5. The van der Waals surface area contributed by atoms with Crippen molar-refractivity contribution in [3.05, 3.63) is 29.8 Å². The minimum atomic E-state index is -0.297. The van der Waals surface area contributed by atoms with Crippen LogP contribution in [0.25, 0.3) is 0 Å². The number of benzene rings is 1. The molecule has 0 spiro atoms. The molecule has 18 heavy (non-hydrogen) atoms. The van der Waals surface area contributed by atoms with E-state index in [4.69, 9.17) is 20.6 Å². The first-order chi connectivity index (χ1) is 8.45. The molecular weight excluding hydrogens is 228 g/mol. The fourth-order valence-corrected chi connectivity index (χ4v) is 1.41. The number of nitrogens with one attached hydrogen (secondary N) is 1. The van der Waals surface area contributed by atoms with Crippen LogP contribution in [0.3, 0.4) is 0 Å². The zero-order chi connectivity index (χ0) is 13.6. The van der Waals surface area contributed by atoms with Gasteiger partial charge in [0.05, 0.1) is 19.6 Å². The van der Waals surface area contributed by atoms with Gasteiger partial charge in [0.2, 0.25) is 0 Å². The van der Waals surface area contributed by atoms with Crippen LogP contribution in [0.4, 0.5) is 0 Å². The van der Waals surface area contributed by atoms with Crippen molar-refractivity contribution in [3.63, 3.8) is 0 Å². The standard InChI is InChI=1S/C14H22N2O2/c1-14(2,13(15)16)7-8-18-10-11-5-4-6-12(9-11)17-3/h4-6,9H,7-8,10H2,1-3H3,(H3,15,16). The molecule has 0 unspecified atom stereocenters. The van der Waals surface area contributed by atoms with Gasteiger partial charge in [0, 0.05) is 12.0 Å². The Kier molecular flexibility index (Phi) is 5.16. The topological polar surface area (TPSA) is 68.3 Å². The van der Waals surface area contributed by atoms with Gasteiger partial charge in [-0.2, -0.15) is 0 Å². The molecule has 0 aliphatic carbocycles. The van der Waals surface area contributed by atoms with E-state index in [1.165, 1.54) is 0 Å². The normalized spacial score (nSPS) is 11.3. The van der Waals surface area contributed by atoms with Crippen molar-refractivity contribution in [1.29, 1.82) is 5.41 Å². The maximum absolute atomic E-state index is 7.46. The summed E-state index contributed by atoms with van der Waals surface area (Å²) in [5, 5.41) is 7.46.